The second-order valence-corrected chi connectivity index (χ2v) is 11.5. The molecule has 0 N–H and O–H groups in total. The van der Waals surface area contributed by atoms with Gasteiger partial charge in [-0.15, -0.1) is 0 Å². The summed E-state index contributed by atoms with van der Waals surface area (Å²) in [7, 11) is -3.93. The lowest BCUT2D eigenvalue weighted by atomic mass is 10.1. The number of fused-ring (bicyclic) bond motifs is 1. The van der Waals surface area contributed by atoms with Gasteiger partial charge < -0.3 is 4.74 Å². The smallest absolute Gasteiger partial charge is 0.330 e. The zero-order valence-corrected chi connectivity index (χ0v) is 21.1. The van der Waals surface area contributed by atoms with Gasteiger partial charge in [-0.1, -0.05) is 28.1 Å². The minimum atomic E-state index is -3.93. The first-order valence-corrected chi connectivity index (χ1v) is 12.9. The maximum absolute atomic E-state index is 13.1. The Labute approximate surface area is 201 Å². The molecule has 0 spiro atoms. The number of esters is 1. The van der Waals surface area contributed by atoms with Crippen LogP contribution in [-0.2, 0) is 19.6 Å². The second kappa shape index (κ2) is 9.26. The minimum Gasteiger partial charge on any atom is -0.458 e. The van der Waals surface area contributed by atoms with E-state index >= 15 is 0 Å². The molecule has 8 nitrogen and oxygen atoms in total. The van der Waals surface area contributed by atoms with Crippen LogP contribution in [0.2, 0.25) is 0 Å². The lowest BCUT2D eigenvalue weighted by molar-refractivity contribution is -0.156. The molecule has 176 valence electrons. The molecular formula is C23H25BrN2O6S. The number of hydrogen-bond acceptors (Lipinski definition) is 6. The molecule has 2 aromatic rings. The summed E-state index contributed by atoms with van der Waals surface area (Å²) >= 11 is 3.31. The van der Waals surface area contributed by atoms with Crippen LogP contribution in [0.1, 0.15) is 47.9 Å². The van der Waals surface area contributed by atoms with E-state index < -0.39 is 39.4 Å². The maximum Gasteiger partial charge on any atom is 0.330 e. The number of nitrogens with zero attached hydrogens (tertiary/aromatic N) is 2. The number of ether oxygens (including phenoxy) is 1. The standard InChI is InChI=1S/C23H25BrN2O6S/c1-23(2,3)32-22(29)19(26(33(4,30)31)16-11-9-15(24)10-12-16)13-14-25-20(27)17-7-5-6-8-18(17)21(25)28/h5-12,19H,13-14H2,1-4H3. The van der Waals surface area contributed by atoms with Gasteiger partial charge in [0.2, 0.25) is 10.0 Å². The topological polar surface area (TPSA) is 101 Å². The van der Waals surface area contributed by atoms with E-state index in [1.165, 1.54) is 0 Å². The van der Waals surface area contributed by atoms with Gasteiger partial charge >= 0.3 is 5.97 Å². The lowest BCUT2D eigenvalue weighted by Gasteiger charge is -2.33. The number of halogens is 1. The molecule has 0 saturated heterocycles. The number of anilines is 1. The van der Waals surface area contributed by atoms with Crippen molar-refractivity contribution >= 4 is 49.4 Å². The molecule has 0 aromatic heterocycles. The Balaban J connectivity index is 1.96. The molecule has 0 aliphatic carbocycles. The Hall–Kier alpha value is -2.72. The van der Waals surface area contributed by atoms with E-state index in [0.717, 1.165) is 19.9 Å². The fourth-order valence-corrected chi connectivity index (χ4v) is 5.01. The average molecular weight is 537 g/mol. The predicted molar refractivity (Wildman–Crippen MR) is 128 cm³/mol. The van der Waals surface area contributed by atoms with E-state index in [-0.39, 0.29) is 29.8 Å². The van der Waals surface area contributed by atoms with E-state index in [9.17, 15) is 22.8 Å². The zero-order valence-electron chi connectivity index (χ0n) is 18.7. The summed E-state index contributed by atoms with van der Waals surface area (Å²) < 4.78 is 32.8. The molecule has 2 amide bonds. The predicted octanol–water partition coefficient (Wildman–Crippen LogP) is 3.61. The Kier molecular flexibility index (Phi) is 6.99. The molecule has 0 fully saturated rings. The van der Waals surface area contributed by atoms with Crippen molar-refractivity contribution in [2.45, 2.75) is 38.8 Å². The highest BCUT2D eigenvalue weighted by Gasteiger charge is 2.39. The van der Waals surface area contributed by atoms with Gasteiger partial charge in [0.05, 0.1) is 23.1 Å². The number of carbonyl (C=O) groups is 3. The van der Waals surface area contributed by atoms with Crippen LogP contribution in [0.3, 0.4) is 0 Å². The number of rotatable bonds is 7. The van der Waals surface area contributed by atoms with Crippen LogP contribution in [-0.4, -0.2) is 55.5 Å². The van der Waals surface area contributed by atoms with Crippen LogP contribution in [0.4, 0.5) is 5.69 Å². The molecule has 1 heterocycles. The van der Waals surface area contributed by atoms with Crippen molar-refractivity contribution in [3.63, 3.8) is 0 Å². The van der Waals surface area contributed by atoms with Gasteiger partial charge in [-0.2, -0.15) is 0 Å². The number of amides is 2. The quantitative estimate of drug-likeness (QED) is 0.395. The van der Waals surface area contributed by atoms with Crippen LogP contribution < -0.4 is 4.31 Å². The lowest BCUT2D eigenvalue weighted by Crippen LogP contribution is -2.49. The summed E-state index contributed by atoms with van der Waals surface area (Å²) in [6.45, 7) is 4.88. The van der Waals surface area contributed by atoms with E-state index in [2.05, 4.69) is 15.9 Å². The Morgan fingerprint density at radius 2 is 1.55 bits per heavy atom. The van der Waals surface area contributed by atoms with Crippen molar-refractivity contribution < 1.29 is 27.5 Å². The third-order valence-electron chi connectivity index (χ3n) is 4.90. The monoisotopic (exact) mass is 536 g/mol. The van der Waals surface area contributed by atoms with Crippen molar-refractivity contribution in [2.75, 3.05) is 17.1 Å². The Morgan fingerprint density at radius 1 is 1.03 bits per heavy atom. The molecule has 1 atom stereocenters. The van der Waals surface area contributed by atoms with Crippen molar-refractivity contribution in [3.8, 4) is 0 Å². The molecule has 33 heavy (non-hydrogen) atoms. The van der Waals surface area contributed by atoms with Crippen molar-refractivity contribution in [2.24, 2.45) is 0 Å². The van der Waals surface area contributed by atoms with Crippen molar-refractivity contribution in [3.05, 3.63) is 64.1 Å². The molecule has 1 aliphatic rings. The normalized spacial score (nSPS) is 14.8. The number of benzene rings is 2. The van der Waals surface area contributed by atoms with Crippen molar-refractivity contribution in [1.82, 2.24) is 4.90 Å². The van der Waals surface area contributed by atoms with Crippen LogP contribution >= 0.6 is 15.9 Å². The third-order valence-corrected chi connectivity index (χ3v) is 6.61. The van der Waals surface area contributed by atoms with E-state index in [1.54, 1.807) is 69.3 Å². The van der Waals surface area contributed by atoms with Gasteiger partial charge in [0, 0.05) is 11.0 Å². The number of hydrogen-bond donors (Lipinski definition) is 0. The van der Waals surface area contributed by atoms with Gasteiger partial charge in [0.15, 0.2) is 0 Å². The van der Waals surface area contributed by atoms with Gasteiger partial charge in [0.1, 0.15) is 11.6 Å². The first-order chi connectivity index (χ1) is 15.3. The summed E-state index contributed by atoms with van der Waals surface area (Å²) in [5, 5.41) is 0. The number of sulfonamides is 1. The largest absolute Gasteiger partial charge is 0.458 e. The second-order valence-electron chi connectivity index (χ2n) is 8.68. The molecule has 0 saturated carbocycles. The molecule has 3 rings (SSSR count). The summed E-state index contributed by atoms with van der Waals surface area (Å²) in [5.74, 6) is -1.73. The fraction of sp³-hybridized carbons (Fsp3) is 0.348. The summed E-state index contributed by atoms with van der Waals surface area (Å²) in [5.41, 5.74) is -0.0411. The highest BCUT2D eigenvalue weighted by atomic mass is 79.9. The van der Waals surface area contributed by atoms with Crippen LogP contribution in [0, 0.1) is 0 Å². The van der Waals surface area contributed by atoms with E-state index in [0.29, 0.717) is 0 Å². The van der Waals surface area contributed by atoms with Gasteiger partial charge in [-0.05, 0) is 63.6 Å². The Morgan fingerprint density at radius 3 is 2.00 bits per heavy atom. The highest BCUT2D eigenvalue weighted by molar-refractivity contribution is 9.10. The van der Waals surface area contributed by atoms with Crippen LogP contribution in [0.5, 0.6) is 0 Å². The first-order valence-electron chi connectivity index (χ1n) is 10.2. The summed E-state index contributed by atoms with van der Waals surface area (Å²) in [6, 6.07) is 11.6. The van der Waals surface area contributed by atoms with Crippen LogP contribution in [0.15, 0.2) is 53.0 Å². The number of imide groups is 1. The molecule has 10 heteroatoms. The molecular weight excluding hydrogens is 512 g/mol. The fourth-order valence-electron chi connectivity index (χ4n) is 3.58. The summed E-state index contributed by atoms with van der Waals surface area (Å²) in [6.07, 6.45) is 0.859. The third kappa shape index (κ3) is 5.62. The Bertz CT molecular complexity index is 1150. The molecule has 0 bridgehead atoms. The van der Waals surface area contributed by atoms with Crippen LogP contribution in [0.25, 0.3) is 0 Å². The van der Waals surface area contributed by atoms with Crippen molar-refractivity contribution in [1.29, 1.82) is 0 Å². The number of carbonyl (C=O) groups excluding carboxylic acids is 3. The molecule has 2 aromatic carbocycles. The average Bonchev–Trinajstić information content (AvgIpc) is 2.94. The highest BCUT2D eigenvalue weighted by Crippen LogP contribution is 2.28. The minimum absolute atomic E-state index is 0.135. The molecule has 0 radical (unpaired) electrons. The molecule has 1 aliphatic heterocycles. The van der Waals surface area contributed by atoms with Gasteiger partial charge in [-0.25, -0.2) is 13.2 Å². The SMILES string of the molecule is CC(C)(C)OC(=O)C(CCN1C(=O)c2ccccc2C1=O)N(c1ccc(Br)cc1)S(C)(=O)=O. The first kappa shape index (κ1) is 24.9. The zero-order chi connectivity index (χ0) is 24.6. The van der Waals surface area contributed by atoms with Gasteiger partial charge in [-0.3, -0.25) is 18.8 Å². The van der Waals surface area contributed by atoms with Gasteiger partial charge in [0.25, 0.3) is 11.8 Å². The maximum atomic E-state index is 13.1. The summed E-state index contributed by atoms with van der Waals surface area (Å²) in [4.78, 5) is 39.7. The van der Waals surface area contributed by atoms with E-state index in [1.807, 2.05) is 0 Å². The van der Waals surface area contributed by atoms with E-state index in [4.69, 9.17) is 4.74 Å². The molecule has 1 unspecified atom stereocenters.